The maximum atomic E-state index is 9.91. The van der Waals surface area contributed by atoms with Crippen LogP contribution in [0.1, 0.15) is 51.6 Å². The van der Waals surface area contributed by atoms with E-state index in [1.807, 2.05) is 6.07 Å². The number of hydrogen-bond donors (Lipinski definition) is 2. The van der Waals surface area contributed by atoms with Crippen LogP contribution in [0, 0.1) is 11.3 Å². The Balaban J connectivity index is 0.00000220. The fraction of sp³-hybridized carbons (Fsp3) is 0.588. The van der Waals surface area contributed by atoms with Gasteiger partial charge in [-0.1, -0.05) is 55.8 Å². The summed E-state index contributed by atoms with van der Waals surface area (Å²) < 4.78 is 1.24. The molecule has 1 fully saturated rings. The van der Waals surface area contributed by atoms with E-state index < -0.39 is 0 Å². The fourth-order valence-corrected chi connectivity index (χ4v) is 2.50. The quantitative estimate of drug-likeness (QED) is 0.281. The van der Waals surface area contributed by atoms with Crippen molar-refractivity contribution in [2.45, 2.75) is 46.1 Å². The first-order valence-corrected chi connectivity index (χ1v) is 7.47. The van der Waals surface area contributed by atoms with Crippen molar-refractivity contribution in [2.75, 3.05) is 7.05 Å². The second-order valence-corrected chi connectivity index (χ2v) is 7.08. The molecule has 1 atom stereocenters. The smallest absolute Gasteiger partial charge is 0.284 e. The summed E-state index contributed by atoms with van der Waals surface area (Å²) in [6.07, 6.45) is 3.37. The van der Waals surface area contributed by atoms with Crippen LogP contribution in [0.25, 0.3) is 0 Å². The third-order valence-electron chi connectivity index (χ3n) is 3.66. The average Bonchev–Trinajstić information content (AvgIpc) is 3.18. The lowest BCUT2D eigenvalue weighted by Gasteiger charge is -2.21. The number of halogens is 1. The number of nitrogens with one attached hydrogen (secondary N) is 1. The molecule has 1 aromatic rings. The zero-order chi connectivity index (χ0) is 14.8. The maximum Gasteiger partial charge on any atom is 0.284 e. The van der Waals surface area contributed by atoms with Crippen LogP contribution in [0.3, 0.4) is 0 Å². The fourth-order valence-electron chi connectivity index (χ4n) is 2.50. The van der Waals surface area contributed by atoms with Gasteiger partial charge in [-0.25, -0.2) is 0 Å². The minimum absolute atomic E-state index is 0. The van der Waals surface area contributed by atoms with Gasteiger partial charge in [0.2, 0.25) is 0 Å². The molecule has 2 N–H and O–H groups in total. The molecule has 0 spiro atoms. The van der Waals surface area contributed by atoms with Crippen LogP contribution in [0.2, 0.25) is 0 Å². The number of hydroxylamine groups is 1. The molecule has 21 heavy (non-hydrogen) atoms. The first-order chi connectivity index (χ1) is 9.37. The highest BCUT2D eigenvalue weighted by molar-refractivity contribution is 5.78. The van der Waals surface area contributed by atoms with E-state index in [1.54, 1.807) is 7.05 Å². The highest BCUT2D eigenvalue weighted by Gasteiger charge is 2.37. The zero-order valence-corrected chi connectivity index (χ0v) is 14.2. The summed E-state index contributed by atoms with van der Waals surface area (Å²) in [5.74, 6) is 1.59. The van der Waals surface area contributed by atoms with Gasteiger partial charge in [0.25, 0.3) is 5.84 Å². The van der Waals surface area contributed by atoms with Gasteiger partial charge in [-0.15, -0.1) is 0 Å². The number of benzene rings is 1. The summed E-state index contributed by atoms with van der Waals surface area (Å²) in [6.45, 7) is 6.56. The van der Waals surface area contributed by atoms with Gasteiger partial charge in [0.1, 0.15) is 13.1 Å². The van der Waals surface area contributed by atoms with Gasteiger partial charge in [0, 0.05) is 5.92 Å². The lowest BCUT2D eigenvalue weighted by molar-refractivity contribution is -0.756. The van der Waals surface area contributed by atoms with E-state index in [0.29, 0.717) is 12.0 Å². The van der Waals surface area contributed by atoms with Gasteiger partial charge >= 0.3 is 0 Å². The summed E-state index contributed by atoms with van der Waals surface area (Å²) in [7, 11) is 1.70. The Hall–Kier alpha value is -1.22. The Morgan fingerprint density at radius 1 is 1.29 bits per heavy atom. The van der Waals surface area contributed by atoms with Crippen molar-refractivity contribution in [3.63, 3.8) is 0 Å². The molecule has 1 unspecified atom stereocenters. The molecule has 1 aliphatic rings. The second-order valence-electron chi connectivity index (χ2n) is 7.08. The van der Waals surface area contributed by atoms with E-state index in [1.165, 1.54) is 23.1 Å². The minimum atomic E-state index is 0. The standard InChI is InChI=1S/C17H26N2O.ClH/c1-17(2,3)12-15(19(4)20)18-16(14-10-11-14)13-8-6-5-7-9-13;/h5-9,14,16,20H,10-12H2,1-4H3;1H. The van der Waals surface area contributed by atoms with Crippen LogP contribution in [0.5, 0.6) is 0 Å². The summed E-state index contributed by atoms with van der Waals surface area (Å²) in [6, 6.07) is 10.9. The largest absolute Gasteiger partial charge is 1.00 e. The first kappa shape index (κ1) is 17.8. The summed E-state index contributed by atoms with van der Waals surface area (Å²) >= 11 is 0. The molecule has 0 radical (unpaired) electrons. The lowest BCUT2D eigenvalue weighted by Crippen LogP contribution is -3.00. The van der Waals surface area contributed by atoms with Crippen molar-refractivity contribution < 1.29 is 22.4 Å². The monoisotopic (exact) mass is 310 g/mol. The molecular weight excluding hydrogens is 284 g/mol. The molecule has 3 nitrogen and oxygen atoms in total. The number of amidine groups is 1. The Morgan fingerprint density at radius 3 is 2.29 bits per heavy atom. The van der Waals surface area contributed by atoms with E-state index in [2.05, 4.69) is 50.4 Å². The van der Waals surface area contributed by atoms with Crippen molar-refractivity contribution in [3.8, 4) is 0 Å². The summed E-state index contributed by atoms with van der Waals surface area (Å²) in [5, 5.41) is 13.5. The maximum absolute atomic E-state index is 9.91. The van der Waals surface area contributed by atoms with Gasteiger partial charge in [-0.05, 0) is 23.8 Å². The molecule has 0 bridgehead atoms. The van der Waals surface area contributed by atoms with Crippen LogP contribution >= 0.6 is 0 Å². The molecule has 4 heteroatoms. The third kappa shape index (κ3) is 5.58. The van der Waals surface area contributed by atoms with E-state index in [9.17, 15) is 5.21 Å². The van der Waals surface area contributed by atoms with Crippen molar-refractivity contribution >= 4 is 5.84 Å². The molecule has 2 rings (SSSR count). The highest BCUT2D eigenvalue weighted by Crippen LogP contribution is 2.41. The van der Waals surface area contributed by atoms with Crippen LogP contribution in [0.4, 0.5) is 0 Å². The Kier molecular flexibility index (Phi) is 6.09. The molecule has 0 aromatic heterocycles. The van der Waals surface area contributed by atoms with E-state index >= 15 is 0 Å². The molecule has 0 heterocycles. The summed E-state index contributed by atoms with van der Waals surface area (Å²) in [5.41, 5.74) is 1.45. The lowest BCUT2D eigenvalue weighted by atomic mass is 9.91. The normalized spacial score (nSPS) is 17.5. The topological polar surface area (TPSA) is 35.3 Å². The van der Waals surface area contributed by atoms with E-state index in [-0.39, 0.29) is 17.8 Å². The molecular formula is C17H27ClN2O. The second kappa shape index (κ2) is 7.17. The van der Waals surface area contributed by atoms with Gasteiger partial charge in [0.15, 0.2) is 0 Å². The van der Waals surface area contributed by atoms with E-state index in [4.69, 9.17) is 0 Å². The van der Waals surface area contributed by atoms with Crippen molar-refractivity contribution in [1.29, 1.82) is 0 Å². The molecule has 1 aromatic carbocycles. The number of hydrogen-bond acceptors (Lipinski definition) is 1. The molecule has 0 aliphatic heterocycles. The predicted molar refractivity (Wildman–Crippen MR) is 82.1 cm³/mol. The summed E-state index contributed by atoms with van der Waals surface area (Å²) in [4.78, 5) is 0. The van der Waals surface area contributed by atoms with Crippen LogP contribution in [-0.2, 0) is 0 Å². The minimum Gasteiger partial charge on any atom is -1.00 e. The molecule has 118 valence electrons. The van der Waals surface area contributed by atoms with Crippen LogP contribution in [0.15, 0.2) is 30.3 Å². The first-order valence-electron chi connectivity index (χ1n) is 7.47. The number of rotatable bonds is 4. The Labute approximate surface area is 134 Å². The SMILES string of the molecule is C/[N+](O)=C(\CC(C)(C)C)NC(c1ccccc1)C1CC1.[Cl-]. The molecule has 1 saturated carbocycles. The van der Waals surface area contributed by atoms with Gasteiger partial charge in [-0.3, -0.25) is 5.32 Å². The molecule has 1 aliphatic carbocycles. The highest BCUT2D eigenvalue weighted by atomic mass is 35.5. The van der Waals surface area contributed by atoms with E-state index in [0.717, 1.165) is 12.3 Å². The number of nitrogens with zero attached hydrogens (tertiary/aromatic N) is 1. The van der Waals surface area contributed by atoms with Gasteiger partial charge in [-0.2, -0.15) is 0 Å². The van der Waals surface area contributed by atoms with Gasteiger partial charge < -0.3 is 17.6 Å². The molecule has 0 saturated heterocycles. The van der Waals surface area contributed by atoms with Crippen molar-refractivity contribution in [3.05, 3.63) is 35.9 Å². The zero-order valence-electron chi connectivity index (χ0n) is 13.4. The molecule has 0 amide bonds. The van der Waals surface area contributed by atoms with Gasteiger partial charge in [0.05, 0.1) is 6.42 Å². The van der Waals surface area contributed by atoms with Crippen molar-refractivity contribution in [1.82, 2.24) is 5.32 Å². The predicted octanol–water partition coefficient (Wildman–Crippen LogP) is 0.598. The average molecular weight is 311 g/mol. The van der Waals surface area contributed by atoms with Crippen molar-refractivity contribution in [2.24, 2.45) is 11.3 Å². The van der Waals surface area contributed by atoms with Crippen LogP contribution in [-0.4, -0.2) is 22.8 Å². The Morgan fingerprint density at radius 2 is 1.86 bits per heavy atom. The Bertz CT molecular complexity index is 471. The third-order valence-corrected chi connectivity index (χ3v) is 3.66. The van der Waals surface area contributed by atoms with Crippen LogP contribution < -0.4 is 17.7 Å².